The van der Waals surface area contributed by atoms with Crippen LogP contribution in [0.15, 0.2) is 0 Å². The van der Waals surface area contributed by atoms with Gasteiger partial charge in [0, 0.05) is 38.0 Å². The number of amides is 2. The minimum Gasteiger partial charge on any atom is -0.356 e. The zero-order valence-corrected chi connectivity index (χ0v) is 19.2. The summed E-state index contributed by atoms with van der Waals surface area (Å²) in [6.07, 6.45) is 7.79. The topological polar surface area (TPSA) is 112 Å². The van der Waals surface area contributed by atoms with Crippen molar-refractivity contribution in [1.29, 1.82) is 10.5 Å². The van der Waals surface area contributed by atoms with Crippen LogP contribution in [-0.2, 0) is 9.59 Å². The number of hydrogen-bond acceptors (Lipinski definition) is 6. The zero-order valence-electron chi connectivity index (χ0n) is 19.2. The smallest absolute Gasteiger partial charge is 0.223 e. The number of nitriles is 2. The third-order valence-electron chi connectivity index (χ3n) is 7.36. The van der Waals surface area contributed by atoms with Crippen molar-refractivity contribution >= 4 is 11.8 Å². The van der Waals surface area contributed by atoms with Crippen molar-refractivity contribution in [2.75, 3.05) is 52.4 Å². The van der Waals surface area contributed by atoms with Gasteiger partial charge < -0.3 is 10.6 Å². The van der Waals surface area contributed by atoms with E-state index >= 15 is 0 Å². The lowest BCUT2D eigenvalue weighted by molar-refractivity contribution is -0.136. The third kappa shape index (κ3) is 7.18. The Labute approximate surface area is 192 Å². The molecule has 1 aliphatic carbocycles. The van der Waals surface area contributed by atoms with Gasteiger partial charge in [0.05, 0.1) is 25.2 Å². The van der Waals surface area contributed by atoms with Crippen LogP contribution in [0.3, 0.4) is 0 Å². The highest BCUT2D eigenvalue weighted by Crippen LogP contribution is 2.31. The molecule has 2 amide bonds. The fourth-order valence-corrected chi connectivity index (χ4v) is 5.63. The molecule has 2 saturated heterocycles. The monoisotopic (exact) mass is 442 g/mol. The molecule has 4 atom stereocenters. The molecule has 8 heteroatoms. The van der Waals surface area contributed by atoms with E-state index in [4.69, 9.17) is 10.5 Å². The third-order valence-corrected chi connectivity index (χ3v) is 7.36. The van der Waals surface area contributed by atoms with Crippen LogP contribution in [-0.4, -0.2) is 74.0 Å². The summed E-state index contributed by atoms with van der Waals surface area (Å²) in [5.74, 6) is 0.285. The maximum atomic E-state index is 13.0. The molecule has 0 spiro atoms. The van der Waals surface area contributed by atoms with Crippen molar-refractivity contribution in [2.45, 2.75) is 51.4 Å². The molecule has 2 aliphatic heterocycles. The van der Waals surface area contributed by atoms with E-state index in [2.05, 4.69) is 32.6 Å². The molecule has 0 bridgehead atoms. The van der Waals surface area contributed by atoms with Gasteiger partial charge >= 0.3 is 0 Å². The summed E-state index contributed by atoms with van der Waals surface area (Å²) in [7, 11) is 0. The van der Waals surface area contributed by atoms with Crippen LogP contribution < -0.4 is 10.6 Å². The van der Waals surface area contributed by atoms with E-state index in [1.54, 1.807) is 0 Å². The van der Waals surface area contributed by atoms with E-state index in [0.717, 1.165) is 77.5 Å². The SMILES string of the molecule is N#CCN1CCCC(CNC(=O)[C@@H]2CCCC[C@H]2C(=O)NCC2CCCN(CC#N)C2)C1. The maximum Gasteiger partial charge on any atom is 0.223 e. The molecule has 3 aliphatic rings. The Balaban J connectivity index is 1.46. The Morgan fingerprint density at radius 2 is 1.16 bits per heavy atom. The molecule has 1 saturated carbocycles. The van der Waals surface area contributed by atoms with Gasteiger partial charge in [0.1, 0.15) is 0 Å². The van der Waals surface area contributed by atoms with Crippen molar-refractivity contribution in [1.82, 2.24) is 20.4 Å². The molecule has 176 valence electrons. The highest BCUT2D eigenvalue weighted by molar-refractivity contribution is 5.87. The Hall–Kier alpha value is -2.16. The van der Waals surface area contributed by atoms with Crippen LogP contribution in [0.5, 0.6) is 0 Å². The lowest BCUT2D eigenvalue weighted by atomic mass is 9.78. The Bertz CT molecular complexity index is 654. The van der Waals surface area contributed by atoms with Crippen molar-refractivity contribution in [3.05, 3.63) is 0 Å². The number of nitrogens with one attached hydrogen (secondary N) is 2. The average molecular weight is 443 g/mol. The van der Waals surface area contributed by atoms with Gasteiger partial charge in [-0.2, -0.15) is 10.5 Å². The summed E-state index contributed by atoms with van der Waals surface area (Å²) < 4.78 is 0. The van der Waals surface area contributed by atoms with Crippen molar-refractivity contribution in [2.24, 2.45) is 23.7 Å². The van der Waals surface area contributed by atoms with Gasteiger partial charge in [0.2, 0.25) is 11.8 Å². The first-order valence-electron chi connectivity index (χ1n) is 12.3. The molecule has 2 heterocycles. The van der Waals surface area contributed by atoms with Crippen molar-refractivity contribution in [3.8, 4) is 12.1 Å². The molecule has 3 rings (SSSR count). The summed E-state index contributed by atoms with van der Waals surface area (Å²) in [4.78, 5) is 30.3. The fraction of sp³-hybridized carbons (Fsp3) is 0.833. The molecule has 32 heavy (non-hydrogen) atoms. The molecular weight excluding hydrogens is 404 g/mol. The normalized spacial score (nSPS) is 29.4. The lowest BCUT2D eigenvalue weighted by Crippen LogP contribution is -2.47. The van der Waals surface area contributed by atoms with Gasteiger partial charge in [-0.1, -0.05) is 12.8 Å². The van der Waals surface area contributed by atoms with Crippen molar-refractivity contribution in [3.63, 3.8) is 0 Å². The van der Waals surface area contributed by atoms with E-state index in [-0.39, 0.29) is 23.7 Å². The van der Waals surface area contributed by atoms with E-state index < -0.39 is 0 Å². The molecular formula is C24H38N6O2. The highest BCUT2D eigenvalue weighted by Gasteiger charge is 2.36. The number of nitrogens with zero attached hydrogens (tertiary/aromatic N) is 4. The number of hydrogen-bond donors (Lipinski definition) is 2. The summed E-state index contributed by atoms with van der Waals surface area (Å²) in [6.45, 7) is 5.77. The Morgan fingerprint density at radius 1 is 0.719 bits per heavy atom. The summed E-state index contributed by atoms with van der Waals surface area (Å²) in [5, 5.41) is 24.1. The predicted molar refractivity (Wildman–Crippen MR) is 121 cm³/mol. The first-order chi connectivity index (χ1) is 15.6. The predicted octanol–water partition coefficient (Wildman–Crippen LogP) is 1.50. The number of carbonyl (C=O) groups excluding carboxylic acids is 2. The average Bonchev–Trinajstić information content (AvgIpc) is 2.82. The first kappa shape index (κ1) is 24.5. The lowest BCUT2D eigenvalue weighted by Gasteiger charge is -2.34. The van der Waals surface area contributed by atoms with E-state index in [9.17, 15) is 9.59 Å². The molecule has 0 aromatic carbocycles. The second-order valence-corrected chi connectivity index (χ2v) is 9.79. The van der Waals surface area contributed by atoms with E-state index in [1.807, 2.05) is 0 Å². The summed E-state index contributed by atoms with van der Waals surface area (Å²) >= 11 is 0. The Kier molecular flexibility index (Phi) is 9.77. The highest BCUT2D eigenvalue weighted by atomic mass is 16.2. The van der Waals surface area contributed by atoms with Gasteiger partial charge in [-0.25, -0.2) is 0 Å². The largest absolute Gasteiger partial charge is 0.356 e. The van der Waals surface area contributed by atoms with Crippen LogP contribution in [0.4, 0.5) is 0 Å². The van der Waals surface area contributed by atoms with Crippen molar-refractivity contribution < 1.29 is 9.59 Å². The second kappa shape index (κ2) is 12.8. The van der Waals surface area contributed by atoms with Crippen LogP contribution in [0.25, 0.3) is 0 Å². The van der Waals surface area contributed by atoms with Crippen LogP contribution in [0.1, 0.15) is 51.4 Å². The van der Waals surface area contributed by atoms with E-state index in [1.165, 1.54) is 0 Å². The van der Waals surface area contributed by atoms with Crippen LogP contribution in [0, 0.1) is 46.3 Å². The maximum absolute atomic E-state index is 13.0. The minimum atomic E-state index is -0.246. The van der Waals surface area contributed by atoms with Crippen LogP contribution >= 0.6 is 0 Å². The molecule has 0 aromatic rings. The number of rotatable bonds is 8. The number of carbonyl (C=O) groups is 2. The standard InChI is InChI=1S/C24H38N6O2/c25-9-13-29-11-3-5-19(17-29)15-27-23(31)21-7-1-2-8-22(21)24(32)28-16-20-6-4-12-30(18-20)14-10-26/h19-22H,1-8,11-18H2,(H,27,31)(H,28,32)/t19?,20?,21-,22-/m1/s1. The van der Waals surface area contributed by atoms with Gasteiger partial charge in [-0.05, 0) is 63.5 Å². The summed E-state index contributed by atoms with van der Waals surface area (Å²) in [6, 6.07) is 4.43. The molecule has 0 radical (unpaired) electrons. The first-order valence-corrected chi connectivity index (χ1v) is 12.3. The number of likely N-dealkylation sites (tertiary alicyclic amines) is 2. The fourth-order valence-electron chi connectivity index (χ4n) is 5.63. The van der Waals surface area contributed by atoms with E-state index in [0.29, 0.717) is 38.0 Å². The van der Waals surface area contributed by atoms with Gasteiger partial charge in [0.15, 0.2) is 0 Å². The molecule has 0 aromatic heterocycles. The Morgan fingerprint density at radius 3 is 1.56 bits per heavy atom. The quantitative estimate of drug-likeness (QED) is 0.551. The molecule has 2 unspecified atom stereocenters. The number of piperidine rings is 2. The van der Waals surface area contributed by atoms with Gasteiger partial charge in [0.25, 0.3) is 0 Å². The molecule has 3 fully saturated rings. The molecule has 8 nitrogen and oxygen atoms in total. The van der Waals surface area contributed by atoms with Crippen LogP contribution in [0.2, 0.25) is 0 Å². The zero-order chi connectivity index (χ0) is 22.8. The molecule has 2 N–H and O–H groups in total. The second-order valence-electron chi connectivity index (χ2n) is 9.79. The minimum absolute atomic E-state index is 0.0140. The van der Waals surface area contributed by atoms with Gasteiger partial charge in [-0.15, -0.1) is 0 Å². The summed E-state index contributed by atoms with van der Waals surface area (Å²) in [5.41, 5.74) is 0. The van der Waals surface area contributed by atoms with Gasteiger partial charge in [-0.3, -0.25) is 19.4 Å².